The molecule has 0 aromatic heterocycles. The molecule has 1 rings (SSSR count). The van der Waals surface area contributed by atoms with Crippen LogP contribution in [0.5, 0.6) is 0 Å². The number of ether oxygens (including phenoxy) is 1. The SMILES string of the molecule is COC(=O)c1cc(S(=O)(=O)Cl)c(Cl)cc1F. The third-order valence-electron chi connectivity index (χ3n) is 1.69. The maximum atomic E-state index is 13.2. The zero-order valence-electron chi connectivity index (χ0n) is 7.83. The topological polar surface area (TPSA) is 60.4 Å². The second-order valence-electron chi connectivity index (χ2n) is 2.69. The van der Waals surface area contributed by atoms with Gasteiger partial charge < -0.3 is 4.74 Å². The standard InChI is InChI=1S/C8H5Cl2FO4S/c1-15-8(12)4-2-7(16(10,13)14)5(9)3-6(4)11/h2-3H,1H3. The molecule has 0 saturated heterocycles. The van der Waals surface area contributed by atoms with Gasteiger partial charge in [-0.15, -0.1) is 0 Å². The molecule has 0 bridgehead atoms. The summed E-state index contributed by atoms with van der Waals surface area (Å²) >= 11 is 5.48. The number of benzene rings is 1. The number of methoxy groups -OCH3 is 1. The van der Waals surface area contributed by atoms with Gasteiger partial charge >= 0.3 is 5.97 Å². The first-order chi connectivity index (χ1) is 7.27. The highest BCUT2D eigenvalue weighted by molar-refractivity contribution is 8.13. The van der Waals surface area contributed by atoms with Gasteiger partial charge in [0.25, 0.3) is 9.05 Å². The molecule has 0 heterocycles. The van der Waals surface area contributed by atoms with Crippen molar-refractivity contribution in [1.29, 1.82) is 0 Å². The monoisotopic (exact) mass is 286 g/mol. The summed E-state index contributed by atoms with van der Waals surface area (Å²) in [7, 11) is 1.93. The zero-order chi connectivity index (χ0) is 12.5. The maximum Gasteiger partial charge on any atom is 0.340 e. The lowest BCUT2D eigenvalue weighted by Crippen LogP contribution is -2.06. The van der Waals surface area contributed by atoms with Gasteiger partial charge in [0, 0.05) is 10.7 Å². The van der Waals surface area contributed by atoms with Gasteiger partial charge in [-0.2, -0.15) is 0 Å². The maximum absolute atomic E-state index is 13.2. The van der Waals surface area contributed by atoms with Gasteiger partial charge in [-0.3, -0.25) is 0 Å². The van der Waals surface area contributed by atoms with Crippen LogP contribution in [0.3, 0.4) is 0 Å². The van der Waals surface area contributed by atoms with E-state index in [0.717, 1.165) is 13.2 Å². The molecule has 0 fully saturated rings. The van der Waals surface area contributed by atoms with E-state index in [0.29, 0.717) is 6.07 Å². The van der Waals surface area contributed by atoms with Crippen molar-refractivity contribution in [1.82, 2.24) is 0 Å². The minimum atomic E-state index is -4.15. The molecule has 88 valence electrons. The second-order valence-corrected chi connectivity index (χ2v) is 5.63. The van der Waals surface area contributed by atoms with Crippen LogP contribution in [0, 0.1) is 5.82 Å². The Morgan fingerprint density at radius 3 is 2.44 bits per heavy atom. The van der Waals surface area contributed by atoms with Gasteiger partial charge in [0.15, 0.2) is 0 Å². The van der Waals surface area contributed by atoms with Gasteiger partial charge in [0.05, 0.1) is 17.7 Å². The Balaban J connectivity index is 3.51. The second kappa shape index (κ2) is 4.57. The van der Waals surface area contributed by atoms with Crippen LogP contribution in [0.15, 0.2) is 17.0 Å². The van der Waals surface area contributed by atoms with Crippen molar-refractivity contribution < 1.29 is 22.3 Å². The lowest BCUT2D eigenvalue weighted by molar-refractivity contribution is 0.0595. The highest BCUT2D eigenvalue weighted by Crippen LogP contribution is 2.27. The number of esters is 1. The zero-order valence-corrected chi connectivity index (χ0v) is 10.2. The van der Waals surface area contributed by atoms with Gasteiger partial charge in [-0.1, -0.05) is 11.6 Å². The average Bonchev–Trinajstić information content (AvgIpc) is 2.14. The van der Waals surface area contributed by atoms with Crippen LogP contribution in [-0.2, 0) is 13.8 Å². The van der Waals surface area contributed by atoms with Crippen LogP contribution in [0.25, 0.3) is 0 Å². The van der Waals surface area contributed by atoms with Crippen molar-refractivity contribution in [2.75, 3.05) is 7.11 Å². The molecule has 4 nitrogen and oxygen atoms in total. The number of halogens is 3. The van der Waals surface area contributed by atoms with Crippen LogP contribution in [0.4, 0.5) is 4.39 Å². The van der Waals surface area contributed by atoms with Crippen LogP contribution < -0.4 is 0 Å². The summed E-state index contributed by atoms with van der Waals surface area (Å²) in [5, 5.41) is -0.403. The first kappa shape index (κ1) is 13.2. The third kappa shape index (κ3) is 2.63. The van der Waals surface area contributed by atoms with E-state index in [1.54, 1.807) is 0 Å². The Bertz CT molecular complexity index is 541. The van der Waals surface area contributed by atoms with Crippen LogP contribution in [-0.4, -0.2) is 21.5 Å². The molecule has 1 aromatic rings. The van der Waals surface area contributed by atoms with E-state index in [4.69, 9.17) is 22.3 Å². The normalized spacial score (nSPS) is 11.2. The molecule has 0 amide bonds. The Morgan fingerprint density at radius 2 is 2.00 bits per heavy atom. The molecular formula is C8H5Cl2FO4S. The Hall–Kier alpha value is -0.850. The van der Waals surface area contributed by atoms with Crippen molar-refractivity contribution >= 4 is 37.3 Å². The molecule has 1 aromatic carbocycles. The first-order valence-corrected chi connectivity index (χ1v) is 6.48. The highest BCUT2D eigenvalue weighted by atomic mass is 35.7. The van der Waals surface area contributed by atoms with Crippen molar-refractivity contribution in [3.63, 3.8) is 0 Å². The number of rotatable bonds is 2. The van der Waals surface area contributed by atoms with E-state index in [9.17, 15) is 17.6 Å². The lowest BCUT2D eigenvalue weighted by atomic mass is 10.2. The fourth-order valence-electron chi connectivity index (χ4n) is 0.982. The summed E-state index contributed by atoms with van der Waals surface area (Å²) < 4.78 is 39.6. The molecule has 0 radical (unpaired) electrons. The van der Waals surface area contributed by atoms with E-state index < -0.39 is 36.3 Å². The molecule has 0 aliphatic carbocycles. The predicted molar refractivity (Wildman–Crippen MR) is 55.8 cm³/mol. The van der Waals surface area contributed by atoms with Crippen molar-refractivity contribution in [2.24, 2.45) is 0 Å². The summed E-state index contributed by atoms with van der Waals surface area (Å²) in [5.41, 5.74) is -0.550. The first-order valence-electron chi connectivity index (χ1n) is 3.79. The average molecular weight is 287 g/mol. The van der Waals surface area contributed by atoms with E-state index in [-0.39, 0.29) is 0 Å². The van der Waals surface area contributed by atoms with Crippen molar-refractivity contribution in [3.05, 3.63) is 28.5 Å². The Labute approximate surface area is 100 Å². The van der Waals surface area contributed by atoms with E-state index in [1.165, 1.54) is 0 Å². The molecule has 8 heteroatoms. The summed E-state index contributed by atoms with van der Waals surface area (Å²) in [6.07, 6.45) is 0. The molecule has 0 atom stereocenters. The van der Waals surface area contributed by atoms with Gasteiger partial charge in [-0.05, 0) is 12.1 Å². The van der Waals surface area contributed by atoms with Gasteiger partial charge in [0.2, 0.25) is 0 Å². The lowest BCUT2D eigenvalue weighted by Gasteiger charge is -2.05. The third-order valence-corrected chi connectivity index (χ3v) is 3.48. The largest absolute Gasteiger partial charge is 0.465 e. The molecule has 0 unspecified atom stereocenters. The molecule has 16 heavy (non-hydrogen) atoms. The number of carbonyl (C=O) groups excluding carboxylic acids is 1. The molecule has 0 saturated carbocycles. The van der Waals surface area contributed by atoms with E-state index >= 15 is 0 Å². The number of hydrogen-bond acceptors (Lipinski definition) is 4. The predicted octanol–water partition coefficient (Wildman–Crippen LogP) is 2.19. The van der Waals surface area contributed by atoms with Crippen molar-refractivity contribution in [2.45, 2.75) is 4.90 Å². The molecule has 0 aliphatic heterocycles. The fourth-order valence-corrected chi connectivity index (χ4v) is 2.49. The fraction of sp³-hybridized carbons (Fsp3) is 0.125. The van der Waals surface area contributed by atoms with Gasteiger partial charge in [0.1, 0.15) is 10.7 Å². The van der Waals surface area contributed by atoms with E-state index in [2.05, 4.69) is 4.74 Å². The summed E-state index contributed by atoms with van der Waals surface area (Å²) in [5.74, 6) is -2.00. The smallest absolute Gasteiger partial charge is 0.340 e. The van der Waals surface area contributed by atoms with Crippen LogP contribution in [0.1, 0.15) is 10.4 Å². The highest BCUT2D eigenvalue weighted by Gasteiger charge is 2.21. The quantitative estimate of drug-likeness (QED) is 0.618. The molecule has 0 aliphatic rings. The molecule has 0 spiro atoms. The Morgan fingerprint density at radius 1 is 1.44 bits per heavy atom. The van der Waals surface area contributed by atoms with Gasteiger partial charge in [-0.25, -0.2) is 17.6 Å². The molecular weight excluding hydrogens is 282 g/mol. The van der Waals surface area contributed by atoms with E-state index in [1.807, 2.05) is 0 Å². The number of carbonyl (C=O) groups is 1. The summed E-state index contributed by atoms with van der Waals surface area (Å²) in [6, 6.07) is 1.41. The minimum Gasteiger partial charge on any atom is -0.465 e. The van der Waals surface area contributed by atoms with Crippen molar-refractivity contribution in [3.8, 4) is 0 Å². The summed E-state index contributed by atoms with van der Waals surface area (Å²) in [6.45, 7) is 0. The summed E-state index contributed by atoms with van der Waals surface area (Å²) in [4.78, 5) is 10.5. The molecule has 0 N–H and O–H groups in total. The number of hydrogen-bond donors (Lipinski definition) is 0. The Kier molecular flexibility index (Phi) is 3.77. The van der Waals surface area contributed by atoms with Crippen LogP contribution >= 0.6 is 22.3 Å². The minimum absolute atomic E-state index is 0.403. The van der Waals surface area contributed by atoms with Crippen LogP contribution in [0.2, 0.25) is 5.02 Å².